The molecular weight excluding hydrogens is 323 g/mol. The summed E-state index contributed by atoms with van der Waals surface area (Å²) in [6, 6.07) is 4.44. The minimum Gasteiger partial charge on any atom is -0.504 e. The zero-order valence-electron chi connectivity index (χ0n) is 14.0. The predicted molar refractivity (Wildman–Crippen MR) is 90.0 cm³/mol. The molecule has 25 heavy (non-hydrogen) atoms. The van der Waals surface area contributed by atoms with Gasteiger partial charge in [-0.1, -0.05) is 0 Å². The largest absolute Gasteiger partial charge is 0.504 e. The molecule has 1 aromatic heterocycles. The van der Waals surface area contributed by atoms with Gasteiger partial charge in [0.1, 0.15) is 5.82 Å². The molecule has 2 fully saturated rings. The summed E-state index contributed by atoms with van der Waals surface area (Å²) in [5.74, 6) is -0.00313. The Hall–Kier alpha value is -2.41. The molecule has 3 N–H and O–H groups in total. The number of rotatable bonds is 2. The van der Waals surface area contributed by atoms with Crippen molar-refractivity contribution in [2.75, 3.05) is 13.1 Å². The number of hydrogen-bond acceptors (Lipinski definition) is 4. The number of carbonyl (C=O) groups excluding carboxylic acids is 1. The Kier molecular flexibility index (Phi) is 3.76. The number of nitrogens with zero attached hydrogens (tertiary/aromatic N) is 3. The first kappa shape index (κ1) is 16.1. The van der Waals surface area contributed by atoms with E-state index in [0.717, 1.165) is 12.8 Å². The highest BCUT2D eigenvalue weighted by molar-refractivity contribution is 5.95. The van der Waals surface area contributed by atoms with Gasteiger partial charge in [-0.25, -0.2) is 9.07 Å². The van der Waals surface area contributed by atoms with Crippen LogP contribution in [0.15, 0.2) is 24.4 Å². The molecule has 4 rings (SSSR count). The predicted octanol–water partition coefficient (Wildman–Crippen LogP) is 1.83. The Balaban J connectivity index is 1.59. The summed E-state index contributed by atoms with van der Waals surface area (Å²) in [6.45, 7) is 3.04. The number of halogens is 1. The van der Waals surface area contributed by atoms with Crippen LogP contribution in [0.3, 0.4) is 0 Å². The van der Waals surface area contributed by atoms with Gasteiger partial charge in [-0.2, -0.15) is 5.10 Å². The third-order valence-electron chi connectivity index (χ3n) is 5.50. The Bertz CT molecular complexity index is 834. The monoisotopic (exact) mass is 344 g/mol. The van der Waals surface area contributed by atoms with Crippen LogP contribution in [0.5, 0.6) is 5.75 Å². The smallest absolute Gasteiger partial charge is 0.278 e. The number of hydrogen-bond donors (Lipinski definition) is 2. The van der Waals surface area contributed by atoms with E-state index in [1.54, 1.807) is 17.9 Å². The van der Waals surface area contributed by atoms with Crippen LogP contribution >= 0.6 is 0 Å². The molecule has 1 saturated heterocycles. The average Bonchev–Trinajstić information content (AvgIpc) is 3.23. The van der Waals surface area contributed by atoms with Gasteiger partial charge in [0.15, 0.2) is 11.4 Å². The molecule has 1 aromatic carbocycles. The van der Waals surface area contributed by atoms with Crippen molar-refractivity contribution in [3.8, 4) is 11.4 Å². The van der Waals surface area contributed by atoms with E-state index < -0.39 is 0 Å². The fourth-order valence-electron chi connectivity index (χ4n) is 4.14. The quantitative estimate of drug-likeness (QED) is 0.871. The van der Waals surface area contributed by atoms with E-state index in [9.17, 15) is 14.3 Å². The topological polar surface area (TPSA) is 84.4 Å². The van der Waals surface area contributed by atoms with Gasteiger partial charge in [0.25, 0.3) is 5.91 Å². The number of aromatic hydroxyl groups is 1. The second kappa shape index (κ2) is 5.84. The maximum absolute atomic E-state index is 13.3. The van der Waals surface area contributed by atoms with Gasteiger partial charge >= 0.3 is 0 Å². The molecule has 1 aliphatic heterocycles. The lowest BCUT2D eigenvalue weighted by Crippen LogP contribution is -2.33. The number of amides is 1. The highest BCUT2D eigenvalue weighted by Gasteiger charge is 2.43. The maximum Gasteiger partial charge on any atom is 0.278 e. The number of aromatic nitrogens is 2. The molecule has 6 nitrogen and oxygen atoms in total. The number of fused-ring (bicyclic) bond motifs is 1. The van der Waals surface area contributed by atoms with Crippen molar-refractivity contribution in [3.63, 3.8) is 0 Å². The van der Waals surface area contributed by atoms with E-state index in [-0.39, 0.29) is 29.2 Å². The van der Waals surface area contributed by atoms with Crippen LogP contribution in [0.1, 0.15) is 28.9 Å². The Morgan fingerprint density at radius 3 is 2.88 bits per heavy atom. The van der Waals surface area contributed by atoms with Crippen LogP contribution in [-0.4, -0.2) is 44.8 Å². The third-order valence-corrected chi connectivity index (χ3v) is 5.50. The van der Waals surface area contributed by atoms with E-state index in [1.807, 2.05) is 0 Å². The maximum atomic E-state index is 13.3. The van der Waals surface area contributed by atoms with Crippen molar-refractivity contribution >= 4 is 5.91 Å². The van der Waals surface area contributed by atoms with Gasteiger partial charge in [-0.15, -0.1) is 0 Å². The highest BCUT2D eigenvalue weighted by atomic mass is 19.1. The number of aryl methyl sites for hydroxylation is 1. The van der Waals surface area contributed by atoms with Crippen molar-refractivity contribution in [2.24, 2.45) is 17.6 Å². The lowest BCUT2D eigenvalue weighted by molar-refractivity contribution is 0.0770. The second-order valence-corrected chi connectivity index (χ2v) is 7.11. The molecule has 0 bridgehead atoms. The summed E-state index contributed by atoms with van der Waals surface area (Å²) < 4.78 is 14.7. The van der Waals surface area contributed by atoms with E-state index in [0.29, 0.717) is 36.2 Å². The fraction of sp³-hybridized carbons (Fsp3) is 0.444. The van der Waals surface area contributed by atoms with Crippen LogP contribution < -0.4 is 5.73 Å². The minimum absolute atomic E-state index is 0.0252. The number of carbonyl (C=O) groups is 1. The standard InChI is InChI=1S/C18H21FN4O2/c1-10-6-12(19)3-5-15(10)23-9-16(24)17(21-23)18(25)22-7-11-2-4-14(20)13(11)8-22/h3,5-6,9,11,13-14,24H,2,4,7-8,20H2,1H3. The van der Waals surface area contributed by atoms with Crippen molar-refractivity contribution in [1.29, 1.82) is 0 Å². The molecule has 7 heteroatoms. The third kappa shape index (κ3) is 2.68. The summed E-state index contributed by atoms with van der Waals surface area (Å²) >= 11 is 0. The van der Waals surface area contributed by atoms with Gasteiger partial charge in [0, 0.05) is 19.1 Å². The molecule has 0 radical (unpaired) electrons. The summed E-state index contributed by atoms with van der Waals surface area (Å²) in [6.07, 6.45) is 3.45. The number of nitrogens with two attached hydrogens (primary N) is 1. The summed E-state index contributed by atoms with van der Waals surface area (Å²) in [4.78, 5) is 14.5. The highest BCUT2D eigenvalue weighted by Crippen LogP contribution is 2.38. The second-order valence-electron chi connectivity index (χ2n) is 7.11. The van der Waals surface area contributed by atoms with Crippen molar-refractivity contribution < 1.29 is 14.3 Å². The van der Waals surface area contributed by atoms with Crippen molar-refractivity contribution in [1.82, 2.24) is 14.7 Å². The van der Waals surface area contributed by atoms with Crippen LogP contribution in [0.2, 0.25) is 0 Å². The molecule has 1 aliphatic carbocycles. The Morgan fingerprint density at radius 1 is 1.36 bits per heavy atom. The van der Waals surface area contributed by atoms with E-state index in [4.69, 9.17) is 5.73 Å². The van der Waals surface area contributed by atoms with Gasteiger partial charge in [0.2, 0.25) is 0 Å². The fourth-order valence-corrected chi connectivity index (χ4v) is 4.14. The van der Waals surface area contributed by atoms with Gasteiger partial charge in [-0.3, -0.25) is 4.79 Å². The van der Waals surface area contributed by atoms with E-state index >= 15 is 0 Å². The van der Waals surface area contributed by atoms with Crippen LogP contribution in [0.25, 0.3) is 5.69 Å². The molecule has 3 atom stereocenters. The molecule has 132 valence electrons. The summed E-state index contributed by atoms with van der Waals surface area (Å²) in [5.41, 5.74) is 7.44. The lowest BCUT2D eigenvalue weighted by atomic mass is 9.98. The van der Waals surface area contributed by atoms with Gasteiger partial charge in [0.05, 0.1) is 11.9 Å². The Morgan fingerprint density at radius 2 is 2.16 bits per heavy atom. The zero-order valence-corrected chi connectivity index (χ0v) is 14.0. The first-order valence-electron chi connectivity index (χ1n) is 8.54. The molecule has 2 aliphatic rings. The Labute approximate surface area is 145 Å². The van der Waals surface area contributed by atoms with Crippen LogP contribution in [0, 0.1) is 24.6 Å². The average molecular weight is 344 g/mol. The molecule has 1 saturated carbocycles. The van der Waals surface area contributed by atoms with Gasteiger partial charge < -0.3 is 15.7 Å². The molecular formula is C18H21FN4O2. The summed E-state index contributed by atoms with van der Waals surface area (Å²) in [5, 5.41) is 14.4. The summed E-state index contributed by atoms with van der Waals surface area (Å²) in [7, 11) is 0. The SMILES string of the molecule is Cc1cc(F)ccc1-n1cc(O)c(C(=O)N2CC3CCC(N)C3C2)n1. The molecule has 1 amide bonds. The number of likely N-dealkylation sites (tertiary alicyclic amines) is 1. The molecule has 2 aromatic rings. The zero-order chi connectivity index (χ0) is 17.7. The van der Waals surface area contributed by atoms with Crippen LogP contribution in [0.4, 0.5) is 4.39 Å². The molecule has 0 spiro atoms. The first-order chi connectivity index (χ1) is 11.9. The molecule has 3 unspecified atom stereocenters. The van der Waals surface area contributed by atoms with Crippen molar-refractivity contribution in [2.45, 2.75) is 25.8 Å². The van der Waals surface area contributed by atoms with Gasteiger partial charge in [-0.05, 0) is 55.4 Å². The normalized spacial score (nSPS) is 25.4. The van der Waals surface area contributed by atoms with E-state index in [2.05, 4.69) is 5.10 Å². The molecule has 2 heterocycles. The van der Waals surface area contributed by atoms with Crippen LogP contribution in [-0.2, 0) is 0 Å². The van der Waals surface area contributed by atoms with Crippen molar-refractivity contribution in [3.05, 3.63) is 41.5 Å². The lowest BCUT2D eigenvalue weighted by Gasteiger charge is -2.17. The first-order valence-corrected chi connectivity index (χ1v) is 8.54. The van der Waals surface area contributed by atoms with E-state index in [1.165, 1.54) is 23.0 Å². The number of benzene rings is 1. The minimum atomic E-state index is -0.339.